The van der Waals surface area contributed by atoms with Gasteiger partial charge >= 0.3 is 0 Å². The normalized spacial score (nSPS) is 25.8. The van der Waals surface area contributed by atoms with Crippen LogP contribution in [0.3, 0.4) is 0 Å². The highest BCUT2D eigenvalue weighted by atomic mass is 19.1. The Balaban J connectivity index is 2.07. The Kier molecular flexibility index (Phi) is 3.42. The van der Waals surface area contributed by atoms with E-state index in [-0.39, 0.29) is 17.8 Å². The molecular weight excluding hydrogens is 221 g/mol. The van der Waals surface area contributed by atoms with Crippen LogP contribution in [0.5, 0.6) is 0 Å². The van der Waals surface area contributed by atoms with E-state index in [2.05, 4.69) is 34.2 Å². The first-order chi connectivity index (χ1) is 8.06. The molecule has 0 aromatic carbocycles. The Bertz CT molecular complexity index is 397. The molecule has 5 nitrogen and oxygen atoms in total. The van der Waals surface area contributed by atoms with Crippen LogP contribution >= 0.6 is 0 Å². The minimum absolute atomic E-state index is 0.0921. The van der Waals surface area contributed by atoms with Gasteiger partial charge in [-0.3, -0.25) is 0 Å². The Labute approximate surface area is 100 Å². The van der Waals surface area contributed by atoms with Crippen molar-refractivity contribution in [1.82, 2.24) is 14.9 Å². The summed E-state index contributed by atoms with van der Waals surface area (Å²) in [6, 6.07) is 0.231. The van der Waals surface area contributed by atoms with Crippen molar-refractivity contribution in [1.29, 1.82) is 0 Å². The lowest BCUT2D eigenvalue weighted by Crippen LogP contribution is -2.43. The summed E-state index contributed by atoms with van der Waals surface area (Å²) in [5.41, 5.74) is 5.45. The number of likely N-dealkylation sites (tertiary alicyclic amines) is 1. The zero-order valence-corrected chi connectivity index (χ0v) is 10.2. The number of hydrogen-bond acceptors (Lipinski definition) is 5. The SMILES string of the molecule is CC1CN(C)CCC1Nc1nc(N)ncc1F. The third kappa shape index (κ3) is 2.82. The minimum atomic E-state index is -0.453. The number of aromatic nitrogens is 2. The molecule has 0 bridgehead atoms. The highest BCUT2D eigenvalue weighted by Gasteiger charge is 2.25. The second kappa shape index (κ2) is 4.83. The number of piperidine rings is 1. The Morgan fingerprint density at radius 1 is 1.59 bits per heavy atom. The Morgan fingerprint density at radius 3 is 3.06 bits per heavy atom. The number of halogens is 1. The van der Waals surface area contributed by atoms with Gasteiger partial charge in [0.05, 0.1) is 6.20 Å². The molecular formula is C11H18FN5. The molecule has 3 N–H and O–H groups in total. The lowest BCUT2D eigenvalue weighted by atomic mass is 9.94. The second-order valence-electron chi connectivity index (χ2n) is 4.70. The third-order valence-electron chi connectivity index (χ3n) is 3.19. The molecule has 2 heterocycles. The molecule has 1 aromatic rings. The van der Waals surface area contributed by atoms with Crippen LogP contribution in [0, 0.1) is 11.7 Å². The number of anilines is 2. The number of hydrogen-bond donors (Lipinski definition) is 2. The average Bonchev–Trinajstić information content (AvgIpc) is 2.27. The van der Waals surface area contributed by atoms with Gasteiger partial charge in [0.25, 0.3) is 0 Å². The number of rotatable bonds is 2. The first kappa shape index (κ1) is 12.0. The lowest BCUT2D eigenvalue weighted by molar-refractivity contribution is 0.205. The van der Waals surface area contributed by atoms with E-state index < -0.39 is 5.82 Å². The van der Waals surface area contributed by atoms with Gasteiger partial charge in [0, 0.05) is 12.6 Å². The Morgan fingerprint density at radius 2 is 2.35 bits per heavy atom. The Hall–Kier alpha value is -1.43. The molecule has 1 saturated heterocycles. The summed E-state index contributed by atoms with van der Waals surface area (Å²) in [5, 5.41) is 3.13. The molecule has 0 radical (unpaired) electrons. The molecule has 94 valence electrons. The fourth-order valence-corrected chi connectivity index (χ4v) is 2.23. The molecule has 0 spiro atoms. The van der Waals surface area contributed by atoms with Crippen molar-refractivity contribution in [2.24, 2.45) is 5.92 Å². The van der Waals surface area contributed by atoms with E-state index in [0.717, 1.165) is 25.7 Å². The van der Waals surface area contributed by atoms with E-state index >= 15 is 0 Å². The first-order valence-electron chi connectivity index (χ1n) is 5.79. The predicted molar refractivity (Wildman–Crippen MR) is 65.1 cm³/mol. The van der Waals surface area contributed by atoms with Crippen LogP contribution in [-0.2, 0) is 0 Å². The van der Waals surface area contributed by atoms with Crippen molar-refractivity contribution in [2.75, 3.05) is 31.2 Å². The molecule has 2 atom stereocenters. The maximum absolute atomic E-state index is 13.5. The van der Waals surface area contributed by atoms with Crippen molar-refractivity contribution in [3.05, 3.63) is 12.0 Å². The van der Waals surface area contributed by atoms with E-state index in [4.69, 9.17) is 5.73 Å². The highest BCUT2D eigenvalue weighted by molar-refractivity contribution is 5.40. The van der Waals surface area contributed by atoms with Gasteiger partial charge in [0.2, 0.25) is 5.95 Å². The number of nitrogens with one attached hydrogen (secondary N) is 1. The van der Waals surface area contributed by atoms with Crippen LogP contribution in [0.1, 0.15) is 13.3 Å². The van der Waals surface area contributed by atoms with Crippen molar-refractivity contribution in [3.63, 3.8) is 0 Å². The molecule has 0 aliphatic carbocycles. The predicted octanol–water partition coefficient (Wildman–Crippen LogP) is 0.950. The molecule has 1 fully saturated rings. The summed E-state index contributed by atoms with van der Waals surface area (Å²) >= 11 is 0. The second-order valence-corrected chi connectivity index (χ2v) is 4.70. The van der Waals surface area contributed by atoms with Crippen LogP contribution in [0.2, 0.25) is 0 Å². The standard InChI is InChI=1S/C11H18FN5/c1-7-6-17(2)4-3-9(7)15-10-8(12)5-14-11(13)16-10/h5,7,9H,3-4,6H2,1-2H3,(H3,13,14,15,16). The van der Waals surface area contributed by atoms with Crippen LogP contribution in [0.25, 0.3) is 0 Å². The van der Waals surface area contributed by atoms with Gasteiger partial charge in [0.1, 0.15) is 0 Å². The minimum Gasteiger partial charge on any atom is -0.368 e. The summed E-state index contributed by atoms with van der Waals surface area (Å²) in [4.78, 5) is 9.77. The lowest BCUT2D eigenvalue weighted by Gasteiger charge is -2.35. The molecule has 2 rings (SSSR count). The highest BCUT2D eigenvalue weighted by Crippen LogP contribution is 2.21. The molecule has 2 unspecified atom stereocenters. The van der Waals surface area contributed by atoms with E-state index in [9.17, 15) is 4.39 Å². The number of nitrogens with zero attached hydrogens (tertiary/aromatic N) is 3. The summed E-state index contributed by atoms with van der Waals surface area (Å²) < 4.78 is 13.5. The largest absolute Gasteiger partial charge is 0.368 e. The van der Waals surface area contributed by atoms with Crippen molar-refractivity contribution in [2.45, 2.75) is 19.4 Å². The molecule has 6 heteroatoms. The van der Waals surface area contributed by atoms with Gasteiger partial charge in [-0.15, -0.1) is 0 Å². The molecule has 1 aromatic heterocycles. The quantitative estimate of drug-likeness (QED) is 0.804. The van der Waals surface area contributed by atoms with E-state index in [0.29, 0.717) is 5.92 Å². The topological polar surface area (TPSA) is 67.1 Å². The number of nitrogens with two attached hydrogens (primary N) is 1. The molecule has 1 aliphatic rings. The van der Waals surface area contributed by atoms with Gasteiger partial charge in [-0.25, -0.2) is 9.37 Å². The van der Waals surface area contributed by atoms with Crippen molar-refractivity contribution in [3.8, 4) is 0 Å². The van der Waals surface area contributed by atoms with Gasteiger partial charge < -0.3 is 16.0 Å². The van der Waals surface area contributed by atoms with Crippen LogP contribution in [-0.4, -0.2) is 41.0 Å². The first-order valence-corrected chi connectivity index (χ1v) is 5.79. The average molecular weight is 239 g/mol. The van der Waals surface area contributed by atoms with E-state index in [1.165, 1.54) is 0 Å². The van der Waals surface area contributed by atoms with E-state index in [1.807, 2.05) is 0 Å². The van der Waals surface area contributed by atoms with Crippen molar-refractivity contribution >= 4 is 11.8 Å². The fourth-order valence-electron chi connectivity index (χ4n) is 2.23. The van der Waals surface area contributed by atoms with Gasteiger partial charge in [0.15, 0.2) is 11.6 Å². The summed E-state index contributed by atoms with van der Waals surface area (Å²) in [6.45, 7) is 4.15. The van der Waals surface area contributed by atoms with Crippen LogP contribution in [0.15, 0.2) is 6.20 Å². The summed E-state index contributed by atoms with van der Waals surface area (Å²) in [7, 11) is 2.09. The summed E-state index contributed by atoms with van der Waals surface area (Å²) in [6.07, 6.45) is 2.07. The van der Waals surface area contributed by atoms with Crippen LogP contribution < -0.4 is 11.1 Å². The van der Waals surface area contributed by atoms with Gasteiger partial charge in [-0.2, -0.15) is 4.98 Å². The van der Waals surface area contributed by atoms with Gasteiger partial charge in [-0.1, -0.05) is 6.92 Å². The third-order valence-corrected chi connectivity index (χ3v) is 3.19. The van der Waals surface area contributed by atoms with Crippen LogP contribution in [0.4, 0.5) is 16.2 Å². The molecule has 0 saturated carbocycles. The fraction of sp³-hybridized carbons (Fsp3) is 0.636. The van der Waals surface area contributed by atoms with E-state index in [1.54, 1.807) is 0 Å². The smallest absolute Gasteiger partial charge is 0.222 e. The zero-order valence-electron chi connectivity index (χ0n) is 10.2. The van der Waals surface area contributed by atoms with Crippen molar-refractivity contribution < 1.29 is 4.39 Å². The molecule has 1 aliphatic heterocycles. The molecule has 17 heavy (non-hydrogen) atoms. The molecule has 0 amide bonds. The number of nitrogen functional groups attached to an aromatic ring is 1. The maximum atomic E-state index is 13.5. The zero-order chi connectivity index (χ0) is 12.4. The summed E-state index contributed by atoms with van der Waals surface area (Å²) in [5.74, 6) is 0.294. The monoisotopic (exact) mass is 239 g/mol. The van der Waals surface area contributed by atoms with Gasteiger partial charge in [-0.05, 0) is 25.9 Å². The maximum Gasteiger partial charge on any atom is 0.222 e.